The van der Waals surface area contributed by atoms with Gasteiger partial charge in [-0.05, 0) is 25.7 Å². The van der Waals surface area contributed by atoms with E-state index in [1.165, 1.54) is 6.20 Å². The third-order valence-corrected chi connectivity index (χ3v) is 4.37. The summed E-state index contributed by atoms with van der Waals surface area (Å²) < 4.78 is 5.31. The molecule has 0 radical (unpaired) electrons. The van der Waals surface area contributed by atoms with Gasteiger partial charge in [-0.1, -0.05) is 0 Å². The quantitative estimate of drug-likeness (QED) is 0.851. The summed E-state index contributed by atoms with van der Waals surface area (Å²) >= 11 is 0. The van der Waals surface area contributed by atoms with E-state index < -0.39 is 5.91 Å². The van der Waals surface area contributed by atoms with Gasteiger partial charge in [0.25, 0.3) is 5.91 Å². The zero-order valence-corrected chi connectivity index (χ0v) is 11.9. The number of nitrogens with one attached hydrogen (secondary N) is 1. The Kier molecular flexibility index (Phi) is 3.92. The van der Waals surface area contributed by atoms with E-state index in [0.717, 1.165) is 32.2 Å². The summed E-state index contributed by atoms with van der Waals surface area (Å²) in [6.07, 6.45) is 4.74. The summed E-state index contributed by atoms with van der Waals surface area (Å²) in [7, 11) is 0. The molecule has 0 bridgehead atoms. The molecule has 2 amide bonds. The van der Waals surface area contributed by atoms with Crippen LogP contribution in [0.1, 0.15) is 47.8 Å². The largest absolute Gasteiger partial charge is 0.381 e. The van der Waals surface area contributed by atoms with Gasteiger partial charge in [-0.15, -0.1) is 0 Å². The SMILES string of the molecule is NC(=O)c1cn[nH]c1[C@@H]1CCCN1C(=O)C1CCOCC1. The molecule has 114 valence electrons. The maximum Gasteiger partial charge on any atom is 0.252 e. The Morgan fingerprint density at radius 1 is 1.33 bits per heavy atom. The molecule has 3 rings (SSSR count). The highest BCUT2D eigenvalue weighted by Gasteiger charge is 2.36. The van der Waals surface area contributed by atoms with Crippen LogP contribution in [-0.2, 0) is 9.53 Å². The number of amides is 2. The zero-order chi connectivity index (χ0) is 14.8. The first kappa shape index (κ1) is 14.1. The number of carbonyl (C=O) groups is 2. The van der Waals surface area contributed by atoms with Gasteiger partial charge in [0.2, 0.25) is 5.91 Å². The Labute approximate surface area is 122 Å². The molecule has 1 aromatic heterocycles. The topological polar surface area (TPSA) is 101 Å². The fourth-order valence-electron chi connectivity index (χ4n) is 3.26. The van der Waals surface area contributed by atoms with Crippen LogP contribution < -0.4 is 5.73 Å². The second-order valence-corrected chi connectivity index (χ2v) is 5.64. The lowest BCUT2D eigenvalue weighted by molar-refractivity contribution is -0.139. The van der Waals surface area contributed by atoms with Gasteiger partial charge < -0.3 is 15.4 Å². The Morgan fingerprint density at radius 3 is 2.81 bits per heavy atom. The average molecular weight is 292 g/mol. The first-order chi connectivity index (χ1) is 10.2. The highest BCUT2D eigenvalue weighted by atomic mass is 16.5. The Morgan fingerprint density at radius 2 is 2.10 bits per heavy atom. The number of aromatic amines is 1. The van der Waals surface area contributed by atoms with Crippen LogP contribution in [0, 0.1) is 5.92 Å². The van der Waals surface area contributed by atoms with Crippen LogP contribution in [0.5, 0.6) is 0 Å². The molecule has 1 aromatic rings. The minimum absolute atomic E-state index is 0.0271. The van der Waals surface area contributed by atoms with Crippen molar-refractivity contribution in [3.8, 4) is 0 Å². The number of primary amides is 1. The number of carbonyl (C=O) groups excluding carboxylic acids is 2. The molecule has 2 aliphatic rings. The van der Waals surface area contributed by atoms with E-state index in [9.17, 15) is 9.59 Å². The fourth-order valence-corrected chi connectivity index (χ4v) is 3.26. The van der Waals surface area contributed by atoms with E-state index in [1.54, 1.807) is 0 Å². The molecule has 2 saturated heterocycles. The molecule has 7 heteroatoms. The van der Waals surface area contributed by atoms with E-state index in [-0.39, 0.29) is 17.9 Å². The van der Waals surface area contributed by atoms with Gasteiger partial charge in [0.15, 0.2) is 0 Å². The highest BCUT2D eigenvalue weighted by Crippen LogP contribution is 2.34. The number of H-pyrrole nitrogens is 1. The molecule has 0 saturated carbocycles. The predicted molar refractivity (Wildman–Crippen MR) is 74.3 cm³/mol. The normalized spacial score (nSPS) is 23.4. The van der Waals surface area contributed by atoms with Crippen molar-refractivity contribution in [2.45, 2.75) is 31.7 Å². The Balaban J connectivity index is 1.80. The van der Waals surface area contributed by atoms with Gasteiger partial charge in [0.1, 0.15) is 0 Å². The zero-order valence-electron chi connectivity index (χ0n) is 11.9. The summed E-state index contributed by atoms with van der Waals surface area (Å²) in [4.78, 5) is 26.0. The van der Waals surface area contributed by atoms with Crippen molar-refractivity contribution in [2.75, 3.05) is 19.8 Å². The number of rotatable bonds is 3. The van der Waals surface area contributed by atoms with Crippen molar-refractivity contribution in [1.82, 2.24) is 15.1 Å². The van der Waals surface area contributed by atoms with Crippen molar-refractivity contribution >= 4 is 11.8 Å². The number of likely N-dealkylation sites (tertiary alicyclic amines) is 1. The van der Waals surface area contributed by atoms with Crippen molar-refractivity contribution in [3.05, 3.63) is 17.5 Å². The monoisotopic (exact) mass is 292 g/mol. The van der Waals surface area contributed by atoms with Crippen LogP contribution >= 0.6 is 0 Å². The third kappa shape index (κ3) is 2.65. The van der Waals surface area contributed by atoms with Gasteiger partial charge in [0.05, 0.1) is 23.5 Å². The number of hydrogen-bond donors (Lipinski definition) is 2. The number of nitrogens with zero attached hydrogens (tertiary/aromatic N) is 2. The molecule has 0 unspecified atom stereocenters. The highest BCUT2D eigenvalue weighted by molar-refractivity contribution is 5.94. The minimum Gasteiger partial charge on any atom is -0.381 e. The van der Waals surface area contributed by atoms with Crippen LogP contribution in [-0.4, -0.2) is 46.7 Å². The molecule has 2 fully saturated rings. The number of aromatic nitrogens is 2. The second-order valence-electron chi connectivity index (χ2n) is 5.64. The van der Waals surface area contributed by atoms with Crippen LogP contribution in [0.3, 0.4) is 0 Å². The summed E-state index contributed by atoms with van der Waals surface area (Å²) in [6.45, 7) is 2.01. The number of hydrogen-bond acceptors (Lipinski definition) is 4. The van der Waals surface area contributed by atoms with Crippen molar-refractivity contribution < 1.29 is 14.3 Å². The van der Waals surface area contributed by atoms with Gasteiger partial charge in [-0.25, -0.2) is 0 Å². The molecule has 0 spiro atoms. The maximum absolute atomic E-state index is 12.7. The summed E-state index contributed by atoms with van der Waals surface area (Å²) in [5, 5.41) is 6.76. The second kappa shape index (κ2) is 5.85. The van der Waals surface area contributed by atoms with E-state index in [4.69, 9.17) is 10.5 Å². The predicted octanol–water partition coefficient (Wildman–Crippen LogP) is 0.599. The fraction of sp³-hybridized carbons (Fsp3) is 0.643. The van der Waals surface area contributed by atoms with Crippen LogP contribution in [0.15, 0.2) is 6.20 Å². The Hall–Kier alpha value is -1.89. The molecule has 1 atom stereocenters. The smallest absolute Gasteiger partial charge is 0.252 e. The molecule has 3 heterocycles. The molecule has 2 aliphatic heterocycles. The molecule has 7 nitrogen and oxygen atoms in total. The first-order valence-corrected chi connectivity index (χ1v) is 7.39. The standard InChI is InChI=1S/C14H20N4O3/c15-13(19)10-8-16-17-12(10)11-2-1-5-18(11)14(20)9-3-6-21-7-4-9/h8-9,11H,1-7H2,(H2,15,19)(H,16,17)/t11-/m0/s1. The lowest BCUT2D eigenvalue weighted by Crippen LogP contribution is -2.38. The Bertz CT molecular complexity index is 536. The van der Waals surface area contributed by atoms with Crippen molar-refractivity contribution in [3.63, 3.8) is 0 Å². The van der Waals surface area contributed by atoms with E-state index in [0.29, 0.717) is 24.5 Å². The lowest BCUT2D eigenvalue weighted by Gasteiger charge is -2.30. The molecule has 0 aromatic carbocycles. The number of ether oxygens (including phenoxy) is 1. The summed E-state index contributed by atoms with van der Waals surface area (Å²) in [5.74, 6) is -0.325. The van der Waals surface area contributed by atoms with Crippen LogP contribution in [0.25, 0.3) is 0 Å². The molecular weight excluding hydrogens is 272 g/mol. The lowest BCUT2D eigenvalue weighted by atomic mass is 9.97. The van der Waals surface area contributed by atoms with Crippen molar-refractivity contribution in [1.29, 1.82) is 0 Å². The number of nitrogens with two attached hydrogens (primary N) is 1. The molecule has 3 N–H and O–H groups in total. The van der Waals surface area contributed by atoms with Crippen molar-refractivity contribution in [2.24, 2.45) is 11.7 Å². The van der Waals surface area contributed by atoms with Gasteiger partial charge >= 0.3 is 0 Å². The third-order valence-electron chi connectivity index (χ3n) is 4.37. The maximum atomic E-state index is 12.7. The van der Waals surface area contributed by atoms with Gasteiger partial charge in [0, 0.05) is 25.7 Å². The molecule has 0 aliphatic carbocycles. The minimum atomic E-state index is -0.510. The van der Waals surface area contributed by atoms with E-state index >= 15 is 0 Å². The summed E-state index contributed by atoms with van der Waals surface area (Å²) in [5.41, 5.74) is 6.42. The van der Waals surface area contributed by atoms with Gasteiger partial charge in [-0.3, -0.25) is 14.7 Å². The van der Waals surface area contributed by atoms with E-state index in [1.807, 2.05) is 4.90 Å². The summed E-state index contributed by atoms with van der Waals surface area (Å²) in [6, 6.07) is -0.120. The first-order valence-electron chi connectivity index (χ1n) is 7.39. The molecular formula is C14H20N4O3. The van der Waals surface area contributed by atoms with Gasteiger partial charge in [-0.2, -0.15) is 5.10 Å². The van der Waals surface area contributed by atoms with Crippen LogP contribution in [0.4, 0.5) is 0 Å². The average Bonchev–Trinajstić information content (AvgIpc) is 3.15. The molecule has 21 heavy (non-hydrogen) atoms. The van der Waals surface area contributed by atoms with E-state index in [2.05, 4.69) is 10.2 Å². The van der Waals surface area contributed by atoms with Crippen LogP contribution in [0.2, 0.25) is 0 Å².